The number of hydrogen-bond acceptors (Lipinski definition) is 3. The molecule has 2 rings (SSSR count). The van der Waals surface area contributed by atoms with E-state index in [0.29, 0.717) is 17.2 Å². The molecular formula is C18H34N4OS. The van der Waals surface area contributed by atoms with Gasteiger partial charge in [0.2, 0.25) is 5.91 Å². The highest BCUT2D eigenvalue weighted by Gasteiger charge is 2.31. The number of rotatable bonds is 6. The highest BCUT2D eigenvalue weighted by molar-refractivity contribution is 7.99. The molecule has 1 heterocycles. The van der Waals surface area contributed by atoms with Crippen molar-refractivity contribution in [3.05, 3.63) is 0 Å². The second-order valence-corrected chi connectivity index (χ2v) is 8.29. The monoisotopic (exact) mass is 354 g/mol. The molecule has 2 fully saturated rings. The molecule has 1 aliphatic carbocycles. The molecule has 1 amide bonds. The van der Waals surface area contributed by atoms with Crippen LogP contribution in [0.15, 0.2) is 4.99 Å². The Bertz CT molecular complexity index is 423. The number of thioether (sulfide) groups is 1. The molecule has 24 heavy (non-hydrogen) atoms. The van der Waals surface area contributed by atoms with E-state index in [9.17, 15) is 4.79 Å². The quantitative estimate of drug-likeness (QED) is 0.568. The highest BCUT2D eigenvalue weighted by atomic mass is 32.2. The van der Waals surface area contributed by atoms with E-state index in [4.69, 9.17) is 0 Å². The van der Waals surface area contributed by atoms with Crippen LogP contribution in [-0.4, -0.2) is 60.5 Å². The van der Waals surface area contributed by atoms with Crippen molar-refractivity contribution < 1.29 is 4.79 Å². The fraction of sp³-hybridized carbons (Fsp3) is 0.889. The molecule has 0 aromatic heterocycles. The minimum atomic E-state index is 0.279. The van der Waals surface area contributed by atoms with Crippen molar-refractivity contribution in [3.8, 4) is 0 Å². The van der Waals surface area contributed by atoms with E-state index >= 15 is 0 Å². The zero-order valence-corrected chi connectivity index (χ0v) is 16.3. The smallest absolute Gasteiger partial charge is 0.225 e. The summed E-state index contributed by atoms with van der Waals surface area (Å²) in [6.07, 6.45) is 9.04. The largest absolute Gasteiger partial charge is 0.357 e. The summed E-state index contributed by atoms with van der Waals surface area (Å²) in [5.41, 5.74) is 0. The third-order valence-corrected chi connectivity index (χ3v) is 6.00. The van der Waals surface area contributed by atoms with Crippen LogP contribution in [0.5, 0.6) is 0 Å². The first kappa shape index (κ1) is 19.4. The number of nitrogens with one attached hydrogen (secondary N) is 2. The number of nitrogens with zero attached hydrogens (tertiary/aromatic N) is 2. The third kappa shape index (κ3) is 5.87. The Morgan fingerprint density at radius 2 is 2.04 bits per heavy atom. The SMILES string of the molecule is CCNC(=NCC(C)SC)NC1CCN(C(=O)C2CCCCC2)C1. The molecule has 0 bridgehead atoms. The van der Waals surface area contributed by atoms with Crippen molar-refractivity contribution in [2.75, 3.05) is 32.4 Å². The predicted molar refractivity (Wildman–Crippen MR) is 104 cm³/mol. The lowest BCUT2D eigenvalue weighted by Gasteiger charge is -2.26. The first-order valence-corrected chi connectivity index (χ1v) is 10.8. The molecule has 1 aliphatic heterocycles. The van der Waals surface area contributed by atoms with E-state index < -0.39 is 0 Å². The number of likely N-dealkylation sites (tertiary alicyclic amines) is 1. The van der Waals surface area contributed by atoms with Gasteiger partial charge >= 0.3 is 0 Å². The molecule has 138 valence electrons. The minimum Gasteiger partial charge on any atom is -0.357 e. The average molecular weight is 355 g/mol. The molecule has 0 aromatic rings. The lowest BCUT2D eigenvalue weighted by molar-refractivity contribution is -0.135. The predicted octanol–water partition coefficient (Wildman–Crippen LogP) is 2.47. The molecule has 0 spiro atoms. The van der Waals surface area contributed by atoms with Gasteiger partial charge in [0, 0.05) is 36.8 Å². The van der Waals surface area contributed by atoms with Crippen molar-refractivity contribution in [2.24, 2.45) is 10.9 Å². The molecule has 2 aliphatic rings. The van der Waals surface area contributed by atoms with Crippen LogP contribution in [-0.2, 0) is 4.79 Å². The van der Waals surface area contributed by atoms with Crippen molar-refractivity contribution in [3.63, 3.8) is 0 Å². The van der Waals surface area contributed by atoms with E-state index in [-0.39, 0.29) is 5.92 Å². The van der Waals surface area contributed by atoms with Gasteiger partial charge in [0.15, 0.2) is 5.96 Å². The molecule has 2 atom stereocenters. The van der Waals surface area contributed by atoms with Crippen LogP contribution in [0, 0.1) is 5.92 Å². The standard InChI is InChI=1S/C18H34N4OS/c1-4-19-18(20-12-14(2)24-3)21-16-10-11-22(13-16)17(23)15-8-6-5-7-9-15/h14-16H,4-13H2,1-3H3,(H2,19,20,21). The van der Waals surface area contributed by atoms with Gasteiger partial charge in [-0.3, -0.25) is 9.79 Å². The first-order valence-electron chi connectivity index (χ1n) is 9.50. The molecular weight excluding hydrogens is 320 g/mol. The molecule has 0 aromatic carbocycles. The maximum Gasteiger partial charge on any atom is 0.225 e. The Morgan fingerprint density at radius 3 is 2.71 bits per heavy atom. The van der Waals surface area contributed by atoms with Gasteiger partial charge in [-0.1, -0.05) is 26.2 Å². The van der Waals surface area contributed by atoms with Crippen LogP contribution in [0.1, 0.15) is 52.4 Å². The first-order chi connectivity index (χ1) is 11.6. The molecule has 2 unspecified atom stereocenters. The van der Waals surface area contributed by atoms with Crippen LogP contribution in [0.2, 0.25) is 0 Å². The van der Waals surface area contributed by atoms with E-state index in [2.05, 4.69) is 40.6 Å². The maximum atomic E-state index is 12.7. The number of carbonyl (C=O) groups excluding carboxylic acids is 1. The zero-order chi connectivity index (χ0) is 17.4. The van der Waals surface area contributed by atoms with Gasteiger partial charge in [-0.25, -0.2) is 0 Å². The van der Waals surface area contributed by atoms with E-state index in [0.717, 1.165) is 51.4 Å². The van der Waals surface area contributed by atoms with E-state index in [1.807, 2.05) is 11.8 Å². The summed E-state index contributed by atoms with van der Waals surface area (Å²) in [7, 11) is 0. The number of aliphatic imine (C=N–C) groups is 1. The summed E-state index contributed by atoms with van der Waals surface area (Å²) in [5.74, 6) is 1.55. The van der Waals surface area contributed by atoms with Gasteiger partial charge in [-0.2, -0.15) is 11.8 Å². The number of hydrogen-bond donors (Lipinski definition) is 2. The summed E-state index contributed by atoms with van der Waals surface area (Å²) in [6.45, 7) is 7.65. The van der Waals surface area contributed by atoms with Gasteiger partial charge < -0.3 is 15.5 Å². The van der Waals surface area contributed by atoms with Gasteiger partial charge in [0.1, 0.15) is 0 Å². The van der Waals surface area contributed by atoms with Crippen LogP contribution < -0.4 is 10.6 Å². The second kappa shape index (κ2) is 10.2. The van der Waals surface area contributed by atoms with Gasteiger partial charge in [0.05, 0.1) is 6.54 Å². The maximum absolute atomic E-state index is 12.7. The average Bonchev–Trinajstić information content (AvgIpc) is 3.08. The van der Waals surface area contributed by atoms with Crippen LogP contribution in [0.4, 0.5) is 0 Å². The van der Waals surface area contributed by atoms with Crippen LogP contribution in [0.25, 0.3) is 0 Å². The number of amides is 1. The molecule has 2 N–H and O–H groups in total. The van der Waals surface area contributed by atoms with E-state index in [1.165, 1.54) is 19.3 Å². The van der Waals surface area contributed by atoms with Gasteiger partial charge in [-0.15, -0.1) is 0 Å². The molecule has 6 heteroatoms. The van der Waals surface area contributed by atoms with Crippen molar-refractivity contribution in [1.29, 1.82) is 0 Å². The Kier molecular flexibility index (Phi) is 8.22. The summed E-state index contributed by atoms with van der Waals surface area (Å²) in [6, 6.07) is 0.319. The zero-order valence-electron chi connectivity index (χ0n) is 15.5. The molecule has 0 radical (unpaired) electrons. The van der Waals surface area contributed by atoms with Crippen molar-refractivity contribution in [2.45, 2.75) is 63.7 Å². The minimum absolute atomic E-state index is 0.279. The van der Waals surface area contributed by atoms with Crippen molar-refractivity contribution in [1.82, 2.24) is 15.5 Å². The third-order valence-electron chi connectivity index (χ3n) is 5.05. The summed E-state index contributed by atoms with van der Waals surface area (Å²) < 4.78 is 0. The van der Waals surface area contributed by atoms with Gasteiger partial charge in [0.25, 0.3) is 0 Å². The Balaban J connectivity index is 1.83. The summed E-state index contributed by atoms with van der Waals surface area (Å²) in [4.78, 5) is 19.4. The summed E-state index contributed by atoms with van der Waals surface area (Å²) in [5, 5.41) is 7.36. The van der Waals surface area contributed by atoms with E-state index in [1.54, 1.807) is 0 Å². The number of guanidine groups is 1. The van der Waals surface area contributed by atoms with Crippen LogP contribution >= 0.6 is 11.8 Å². The Labute approximate surface area is 151 Å². The highest BCUT2D eigenvalue weighted by Crippen LogP contribution is 2.26. The normalized spacial score (nSPS) is 24.0. The lowest BCUT2D eigenvalue weighted by Crippen LogP contribution is -2.45. The molecule has 5 nitrogen and oxygen atoms in total. The fourth-order valence-corrected chi connectivity index (χ4v) is 3.72. The lowest BCUT2D eigenvalue weighted by atomic mass is 9.88. The molecule has 1 saturated carbocycles. The van der Waals surface area contributed by atoms with Crippen molar-refractivity contribution >= 4 is 23.6 Å². The fourth-order valence-electron chi connectivity index (χ4n) is 3.49. The summed E-state index contributed by atoms with van der Waals surface area (Å²) >= 11 is 1.83. The second-order valence-electron chi connectivity index (χ2n) is 7.02. The molecule has 1 saturated heterocycles. The van der Waals surface area contributed by atoms with Crippen LogP contribution in [0.3, 0.4) is 0 Å². The van der Waals surface area contributed by atoms with Gasteiger partial charge in [-0.05, 0) is 32.4 Å². The topological polar surface area (TPSA) is 56.7 Å². The Morgan fingerprint density at radius 1 is 1.29 bits per heavy atom. The number of carbonyl (C=O) groups is 1. The Hall–Kier alpha value is -0.910.